The van der Waals surface area contributed by atoms with Gasteiger partial charge in [-0.1, -0.05) is 35.6 Å². The lowest BCUT2D eigenvalue weighted by Crippen LogP contribution is -2.12. The maximum atomic E-state index is 12.3. The number of anilines is 1. The molecule has 0 atom stereocenters. The van der Waals surface area contributed by atoms with E-state index in [0.717, 1.165) is 38.4 Å². The molecule has 1 amide bonds. The van der Waals surface area contributed by atoms with E-state index in [1.54, 1.807) is 0 Å². The fourth-order valence-electron chi connectivity index (χ4n) is 3.27. The van der Waals surface area contributed by atoms with E-state index in [2.05, 4.69) is 33.6 Å². The first kappa shape index (κ1) is 18.4. The van der Waals surface area contributed by atoms with E-state index in [9.17, 15) is 4.79 Å². The number of aryl methyl sites for hydroxylation is 4. The van der Waals surface area contributed by atoms with Crippen molar-refractivity contribution in [3.05, 3.63) is 71.0 Å². The van der Waals surface area contributed by atoms with Gasteiger partial charge in [0.1, 0.15) is 0 Å². The minimum absolute atomic E-state index is 0.0145. The third-order valence-corrected chi connectivity index (χ3v) is 5.63. The van der Waals surface area contributed by atoms with Crippen LogP contribution in [0.5, 0.6) is 0 Å². The van der Waals surface area contributed by atoms with Gasteiger partial charge in [0.05, 0.1) is 21.6 Å². The van der Waals surface area contributed by atoms with Crippen LogP contribution in [0.4, 0.5) is 5.13 Å². The molecule has 0 bridgehead atoms. The zero-order valence-electron chi connectivity index (χ0n) is 16.2. The number of nitrogens with one attached hydrogen (secondary N) is 1. The fourth-order valence-corrected chi connectivity index (χ4v) is 4.23. The minimum Gasteiger partial charge on any atom is -0.302 e. The Morgan fingerprint density at radius 1 is 1.11 bits per heavy atom. The monoisotopic (exact) mass is 390 g/mol. The standard InChI is InChI=1S/C22H22N4OS/c1-14-5-4-6-19-21(14)24-22(28-19)23-20(27)12-9-17-7-10-18(11-8-17)26-16(3)13-15(2)25-26/h4-8,10-11,13H,9,12H2,1-3H3,(H,23,24,27). The summed E-state index contributed by atoms with van der Waals surface area (Å²) in [5.41, 5.74) is 6.35. The number of benzene rings is 2. The number of para-hydroxylation sites is 1. The Kier molecular flexibility index (Phi) is 4.96. The predicted molar refractivity (Wildman–Crippen MR) is 114 cm³/mol. The number of fused-ring (bicyclic) bond motifs is 1. The van der Waals surface area contributed by atoms with Crippen molar-refractivity contribution >= 4 is 32.6 Å². The number of carbonyl (C=O) groups excluding carboxylic acids is 1. The zero-order chi connectivity index (χ0) is 19.7. The lowest BCUT2D eigenvalue weighted by atomic mass is 10.1. The molecule has 0 aliphatic rings. The van der Waals surface area contributed by atoms with Crippen molar-refractivity contribution < 1.29 is 4.79 Å². The lowest BCUT2D eigenvalue weighted by molar-refractivity contribution is -0.116. The summed E-state index contributed by atoms with van der Waals surface area (Å²) >= 11 is 1.51. The van der Waals surface area contributed by atoms with Gasteiger partial charge in [0, 0.05) is 12.1 Å². The highest BCUT2D eigenvalue weighted by Crippen LogP contribution is 2.28. The second-order valence-corrected chi connectivity index (χ2v) is 8.02. The average molecular weight is 391 g/mol. The molecule has 142 valence electrons. The Morgan fingerprint density at radius 3 is 2.57 bits per heavy atom. The molecule has 1 N–H and O–H groups in total. The van der Waals surface area contributed by atoms with Crippen LogP contribution in [-0.2, 0) is 11.2 Å². The van der Waals surface area contributed by atoms with Gasteiger partial charge in [0.2, 0.25) is 5.91 Å². The summed E-state index contributed by atoms with van der Waals surface area (Å²) in [4.78, 5) is 16.9. The van der Waals surface area contributed by atoms with E-state index >= 15 is 0 Å². The molecule has 4 rings (SSSR count). The van der Waals surface area contributed by atoms with Gasteiger partial charge in [-0.05, 0) is 62.6 Å². The van der Waals surface area contributed by atoms with Crippen LogP contribution in [0.2, 0.25) is 0 Å². The van der Waals surface area contributed by atoms with Crippen molar-refractivity contribution in [1.29, 1.82) is 0 Å². The minimum atomic E-state index is -0.0145. The molecule has 28 heavy (non-hydrogen) atoms. The summed E-state index contributed by atoms with van der Waals surface area (Å²) in [5, 5.41) is 8.09. The van der Waals surface area contributed by atoms with Gasteiger partial charge in [-0.15, -0.1) is 0 Å². The maximum absolute atomic E-state index is 12.3. The van der Waals surface area contributed by atoms with Gasteiger partial charge >= 0.3 is 0 Å². The number of carbonyl (C=O) groups is 1. The van der Waals surface area contributed by atoms with Gasteiger partial charge in [-0.25, -0.2) is 9.67 Å². The normalized spacial score (nSPS) is 11.1. The predicted octanol–water partition coefficient (Wildman–Crippen LogP) is 4.98. The Bertz CT molecular complexity index is 1140. The third-order valence-electron chi connectivity index (χ3n) is 4.70. The van der Waals surface area contributed by atoms with E-state index in [-0.39, 0.29) is 5.91 Å². The molecule has 6 heteroatoms. The van der Waals surface area contributed by atoms with Crippen LogP contribution < -0.4 is 5.32 Å². The number of nitrogens with zero attached hydrogens (tertiary/aromatic N) is 3. The number of rotatable bonds is 5. The largest absolute Gasteiger partial charge is 0.302 e. The molecule has 0 radical (unpaired) electrons. The highest BCUT2D eigenvalue weighted by molar-refractivity contribution is 7.22. The molecule has 4 aromatic rings. The number of hydrogen-bond acceptors (Lipinski definition) is 4. The highest BCUT2D eigenvalue weighted by atomic mass is 32.1. The van der Waals surface area contributed by atoms with E-state index in [4.69, 9.17) is 0 Å². The number of hydrogen-bond donors (Lipinski definition) is 1. The van der Waals surface area contributed by atoms with E-state index in [0.29, 0.717) is 18.0 Å². The summed E-state index contributed by atoms with van der Waals surface area (Å²) in [6.45, 7) is 6.06. The number of aromatic nitrogens is 3. The molecule has 0 saturated carbocycles. The average Bonchev–Trinajstić information content (AvgIpc) is 3.23. The van der Waals surface area contributed by atoms with E-state index in [1.165, 1.54) is 11.3 Å². The van der Waals surface area contributed by atoms with Crippen molar-refractivity contribution in [2.24, 2.45) is 0 Å². The van der Waals surface area contributed by atoms with Crippen molar-refractivity contribution in [2.45, 2.75) is 33.6 Å². The van der Waals surface area contributed by atoms with Crippen LogP contribution in [0.3, 0.4) is 0 Å². The van der Waals surface area contributed by atoms with Crippen molar-refractivity contribution in [3.8, 4) is 5.69 Å². The SMILES string of the molecule is Cc1cc(C)n(-c2ccc(CCC(=O)Nc3nc4c(C)cccc4s3)cc2)n1. The van der Waals surface area contributed by atoms with Gasteiger partial charge in [0.15, 0.2) is 5.13 Å². The zero-order valence-corrected chi connectivity index (χ0v) is 17.0. The first-order valence-electron chi connectivity index (χ1n) is 9.28. The Balaban J connectivity index is 1.37. The van der Waals surface area contributed by atoms with Crippen molar-refractivity contribution in [2.75, 3.05) is 5.32 Å². The summed E-state index contributed by atoms with van der Waals surface area (Å²) in [6.07, 6.45) is 1.11. The van der Waals surface area contributed by atoms with Crippen LogP contribution in [0.15, 0.2) is 48.5 Å². The van der Waals surface area contributed by atoms with E-state index in [1.807, 2.05) is 55.8 Å². The molecule has 0 fully saturated rings. The first-order valence-corrected chi connectivity index (χ1v) is 10.1. The Hall–Kier alpha value is -2.99. The van der Waals surface area contributed by atoms with Crippen LogP contribution in [0.1, 0.15) is 28.9 Å². The lowest BCUT2D eigenvalue weighted by Gasteiger charge is -2.06. The highest BCUT2D eigenvalue weighted by Gasteiger charge is 2.10. The summed E-state index contributed by atoms with van der Waals surface area (Å²) in [5.74, 6) is -0.0145. The molecular weight excluding hydrogens is 368 g/mol. The summed E-state index contributed by atoms with van der Waals surface area (Å²) in [7, 11) is 0. The van der Waals surface area contributed by atoms with Gasteiger partial charge in [-0.3, -0.25) is 4.79 Å². The Labute approximate surface area is 168 Å². The van der Waals surface area contributed by atoms with Crippen LogP contribution in [0, 0.1) is 20.8 Å². The first-order chi connectivity index (χ1) is 13.5. The number of amides is 1. The van der Waals surface area contributed by atoms with Crippen LogP contribution >= 0.6 is 11.3 Å². The molecule has 2 aromatic heterocycles. The second-order valence-electron chi connectivity index (χ2n) is 6.99. The maximum Gasteiger partial charge on any atom is 0.226 e. The van der Waals surface area contributed by atoms with Crippen molar-refractivity contribution in [1.82, 2.24) is 14.8 Å². The molecule has 0 spiro atoms. The van der Waals surface area contributed by atoms with Gasteiger partial charge < -0.3 is 5.32 Å². The summed E-state index contributed by atoms with van der Waals surface area (Å²) < 4.78 is 3.02. The molecule has 5 nitrogen and oxygen atoms in total. The second kappa shape index (κ2) is 7.56. The topological polar surface area (TPSA) is 59.8 Å². The molecule has 0 saturated heterocycles. The molecule has 2 heterocycles. The smallest absolute Gasteiger partial charge is 0.226 e. The van der Waals surface area contributed by atoms with Crippen LogP contribution in [0.25, 0.3) is 15.9 Å². The molecule has 0 aliphatic heterocycles. The molecular formula is C22H22N4OS. The summed E-state index contributed by atoms with van der Waals surface area (Å²) in [6, 6.07) is 16.3. The molecule has 2 aromatic carbocycles. The van der Waals surface area contributed by atoms with Crippen LogP contribution in [-0.4, -0.2) is 20.7 Å². The van der Waals surface area contributed by atoms with Gasteiger partial charge in [-0.2, -0.15) is 5.10 Å². The fraction of sp³-hybridized carbons (Fsp3) is 0.227. The molecule has 0 unspecified atom stereocenters. The van der Waals surface area contributed by atoms with E-state index < -0.39 is 0 Å². The third kappa shape index (κ3) is 3.82. The molecule has 0 aliphatic carbocycles. The quantitative estimate of drug-likeness (QED) is 0.523. The number of thiazole rings is 1. The van der Waals surface area contributed by atoms with Gasteiger partial charge in [0.25, 0.3) is 0 Å². The Morgan fingerprint density at radius 2 is 1.89 bits per heavy atom. The van der Waals surface area contributed by atoms with Crippen molar-refractivity contribution in [3.63, 3.8) is 0 Å².